The van der Waals surface area contributed by atoms with Crippen molar-refractivity contribution in [2.75, 3.05) is 0 Å². The van der Waals surface area contributed by atoms with E-state index in [2.05, 4.69) is 12.0 Å². The third kappa shape index (κ3) is 2.81. The topological polar surface area (TPSA) is 34.9 Å². The molecule has 1 aromatic heterocycles. The Hall–Kier alpha value is -1.90. The molecule has 1 aromatic carbocycles. The fourth-order valence-corrected chi connectivity index (χ4v) is 1.72. The lowest BCUT2D eigenvalue weighted by Crippen LogP contribution is -2.11. The lowest BCUT2D eigenvalue weighted by molar-refractivity contribution is 0.0967. The van der Waals surface area contributed by atoms with Crippen molar-refractivity contribution >= 4 is 5.78 Å². The predicted molar refractivity (Wildman–Crippen MR) is 67.1 cm³/mol. The van der Waals surface area contributed by atoms with Gasteiger partial charge in [-0.1, -0.05) is 31.2 Å². The van der Waals surface area contributed by atoms with Gasteiger partial charge < -0.3 is 0 Å². The first kappa shape index (κ1) is 11.6. The van der Waals surface area contributed by atoms with Crippen LogP contribution >= 0.6 is 0 Å². The molecule has 0 saturated carbocycles. The fourth-order valence-electron chi connectivity index (χ4n) is 1.72. The molecule has 1 heterocycles. The van der Waals surface area contributed by atoms with Crippen LogP contribution in [0, 0.1) is 6.92 Å². The minimum atomic E-state index is 0.0933. The second kappa shape index (κ2) is 4.95. The van der Waals surface area contributed by atoms with Gasteiger partial charge in [0.05, 0.1) is 5.69 Å². The van der Waals surface area contributed by atoms with E-state index in [9.17, 15) is 4.79 Å². The highest BCUT2D eigenvalue weighted by atomic mass is 16.1. The summed E-state index contributed by atoms with van der Waals surface area (Å²) >= 11 is 0. The zero-order valence-electron chi connectivity index (χ0n) is 10.2. The van der Waals surface area contributed by atoms with Crippen LogP contribution in [0.4, 0.5) is 0 Å². The molecular formula is C14H16N2O. The molecule has 0 bridgehead atoms. The number of rotatable bonds is 4. The lowest BCUT2D eigenvalue weighted by Gasteiger charge is -2.02. The number of nitrogens with zero attached hydrogens (tertiary/aromatic N) is 2. The highest BCUT2D eigenvalue weighted by Crippen LogP contribution is 2.07. The van der Waals surface area contributed by atoms with E-state index in [4.69, 9.17) is 0 Å². The van der Waals surface area contributed by atoms with Gasteiger partial charge in [-0.2, -0.15) is 5.10 Å². The molecule has 0 N–H and O–H groups in total. The van der Waals surface area contributed by atoms with Gasteiger partial charge in [-0.05, 0) is 25.0 Å². The molecular weight excluding hydrogens is 212 g/mol. The van der Waals surface area contributed by atoms with Crippen LogP contribution < -0.4 is 0 Å². The summed E-state index contributed by atoms with van der Waals surface area (Å²) in [7, 11) is 0. The minimum Gasteiger partial charge on any atom is -0.292 e. The van der Waals surface area contributed by atoms with Gasteiger partial charge in [-0.15, -0.1) is 0 Å². The molecule has 2 aromatic rings. The quantitative estimate of drug-likeness (QED) is 0.754. The van der Waals surface area contributed by atoms with Crippen molar-refractivity contribution in [3.63, 3.8) is 0 Å². The van der Waals surface area contributed by atoms with E-state index >= 15 is 0 Å². The number of aromatic nitrogens is 2. The highest BCUT2D eigenvalue weighted by molar-refractivity contribution is 5.95. The Bertz CT molecular complexity index is 511. The summed E-state index contributed by atoms with van der Waals surface area (Å²) < 4.78 is 1.67. The van der Waals surface area contributed by atoms with Crippen LogP contribution in [0.5, 0.6) is 0 Å². The Balaban J connectivity index is 2.09. The van der Waals surface area contributed by atoms with Gasteiger partial charge in [0.2, 0.25) is 0 Å². The van der Waals surface area contributed by atoms with Crippen LogP contribution in [0.2, 0.25) is 0 Å². The molecule has 0 aliphatic rings. The maximum absolute atomic E-state index is 12.0. The van der Waals surface area contributed by atoms with Gasteiger partial charge >= 0.3 is 0 Å². The first-order chi connectivity index (χ1) is 8.19. The summed E-state index contributed by atoms with van der Waals surface area (Å²) in [5.74, 6) is 0.0933. The molecule has 17 heavy (non-hydrogen) atoms. The molecule has 0 spiro atoms. The highest BCUT2D eigenvalue weighted by Gasteiger charge is 2.07. The smallest absolute Gasteiger partial charge is 0.184 e. The van der Waals surface area contributed by atoms with Crippen LogP contribution in [-0.4, -0.2) is 15.6 Å². The number of hydrogen-bond donors (Lipinski definition) is 0. The van der Waals surface area contributed by atoms with Gasteiger partial charge in [0.1, 0.15) is 6.54 Å². The third-order valence-corrected chi connectivity index (χ3v) is 2.76. The second-order valence-electron chi connectivity index (χ2n) is 4.13. The Kier molecular flexibility index (Phi) is 3.38. The van der Waals surface area contributed by atoms with Crippen LogP contribution in [0.3, 0.4) is 0 Å². The van der Waals surface area contributed by atoms with Gasteiger partial charge in [-0.3, -0.25) is 9.48 Å². The molecule has 88 valence electrons. The number of Topliss-reactive ketones (excluding diaryl/α,β-unsaturated/α-hetero) is 1. The Morgan fingerprint density at radius 1 is 1.24 bits per heavy atom. The van der Waals surface area contributed by atoms with Gasteiger partial charge in [-0.25, -0.2) is 0 Å². The molecule has 0 aliphatic heterocycles. The molecule has 3 heteroatoms. The Labute approximate surface area is 101 Å². The largest absolute Gasteiger partial charge is 0.292 e. The molecule has 3 nitrogen and oxygen atoms in total. The van der Waals surface area contributed by atoms with Crippen molar-refractivity contribution in [3.05, 3.63) is 53.3 Å². The zero-order chi connectivity index (χ0) is 12.3. The Morgan fingerprint density at radius 2 is 1.94 bits per heavy atom. The van der Waals surface area contributed by atoms with E-state index in [0.29, 0.717) is 6.54 Å². The summed E-state index contributed by atoms with van der Waals surface area (Å²) in [6.45, 7) is 4.32. The number of ketones is 1. The van der Waals surface area contributed by atoms with Crippen LogP contribution in [0.1, 0.15) is 28.5 Å². The number of carbonyl (C=O) groups is 1. The van der Waals surface area contributed by atoms with E-state index in [1.807, 2.05) is 43.5 Å². The van der Waals surface area contributed by atoms with Crippen molar-refractivity contribution in [1.82, 2.24) is 9.78 Å². The SMILES string of the molecule is CCc1ccc(C(=O)Cn2ccc(C)n2)cc1. The summed E-state index contributed by atoms with van der Waals surface area (Å²) in [5, 5.41) is 4.21. The number of aryl methyl sites for hydroxylation is 2. The van der Waals surface area contributed by atoms with Crippen LogP contribution in [-0.2, 0) is 13.0 Å². The molecule has 0 fully saturated rings. The summed E-state index contributed by atoms with van der Waals surface area (Å²) in [6, 6.07) is 9.67. The van der Waals surface area contributed by atoms with Crippen molar-refractivity contribution in [2.24, 2.45) is 0 Å². The first-order valence-electron chi connectivity index (χ1n) is 5.81. The van der Waals surface area contributed by atoms with Crippen molar-refractivity contribution in [3.8, 4) is 0 Å². The normalized spacial score (nSPS) is 10.5. The lowest BCUT2D eigenvalue weighted by atomic mass is 10.1. The molecule has 0 saturated heterocycles. The molecule has 0 radical (unpaired) electrons. The maximum Gasteiger partial charge on any atom is 0.184 e. The standard InChI is InChI=1S/C14H16N2O/c1-3-12-4-6-13(7-5-12)14(17)10-16-9-8-11(2)15-16/h4-9H,3,10H2,1-2H3. The second-order valence-corrected chi connectivity index (χ2v) is 4.13. The first-order valence-corrected chi connectivity index (χ1v) is 5.81. The minimum absolute atomic E-state index is 0.0933. The molecule has 2 rings (SSSR count). The summed E-state index contributed by atoms with van der Waals surface area (Å²) in [5.41, 5.74) is 2.92. The molecule has 0 atom stereocenters. The van der Waals surface area contributed by atoms with Crippen molar-refractivity contribution < 1.29 is 4.79 Å². The molecule has 0 aliphatic carbocycles. The summed E-state index contributed by atoms with van der Waals surface area (Å²) in [4.78, 5) is 12.0. The van der Waals surface area contributed by atoms with E-state index in [1.165, 1.54) is 5.56 Å². The van der Waals surface area contributed by atoms with E-state index < -0.39 is 0 Å². The monoisotopic (exact) mass is 228 g/mol. The number of hydrogen-bond acceptors (Lipinski definition) is 2. The Morgan fingerprint density at radius 3 is 2.47 bits per heavy atom. The predicted octanol–water partition coefficient (Wildman–Crippen LogP) is 2.64. The average molecular weight is 228 g/mol. The fraction of sp³-hybridized carbons (Fsp3) is 0.286. The van der Waals surface area contributed by atoms with Gasteiger partial charge in [0.15, 0.2) is 5.78 Å². The van der Waals surface area contributed by atoms with E-state index in [0.717, 1.165) is 17.7 Å². The summed E-state index contributed by atoms with van der Waals surface area (Å²) in [6.07, 6.45) is 2.82. The van der Waals surface area contributed by atoms with Crippen LogP contribution in [0.25, 0.3) is 0 Å². The van der Waals surface area contributed by atoms with Crippen molar-refractivity contribution in [2.45, 2.75) is 26.8 Å². The third-order valence-electron chi connectivity index (χ3n) is 2.76. The van der Waals surface area contributed by atoms with Crippen molar-refractivity contribution in [1.29, 1.82) is 0 Å². The molecule has 0 amide bonds. The molecule has 0 unspecified atom stereocenters. The number of benzene rings is 1. The van der Waals surface area contributed by atoms with E-state index in [1.54, 1.807) is 4.68 Å². The van der Waals surface area contributed by atoms with Gasteiger partial charge in [0, 0.05) is 11.8 Å². The number of carbonyl (C=O) groups excluding carboxylic acids is 1. The zero-order valence-corrected chi connectivity index (χ0v) is 10.2. The maximum atomic E-state index is 12.0. The van der Waals surface area contributed by atoms with Gasteiger partial charge in [0.25, 0.3) is 0 Å². The average Bonchev–Trinajstić information content (AvgIpc) is 2.75. The van der Waals surface area contributed by atoms with E-state index in [-0.39, 0.29) is 5.78 Å². The van der Waals surface area contributed by atoms with Crippen LogP contribution in [0.15, 0.2) is 36.5 Å².